The predicted molar refractivity (Wildman–Crippen MR) is 133 cm³/mol. The van der Waals surface area contributed by atoms with E-state index in [0.717, 1.165) is 12.1 Å². The van der Waals surface area contributed by atoms with Gasteiger partial charge in [0.05, 0.1) is 16.7 Å². The van der Waals surface area contributed by atoms with E-state index in [1.165, 1.54) is 38.1 Å². The Morgan fingerprint density at radius 1 is 0.707 bits per heavy atom. The van der Waals surface area contributed by atoms with Crippen LogP contribution in [-0.4, -0.2) is 30.5 Å². The Labute approximate surface area is 230 Å². The highest BCUT2D eigenvalue weighted by atomic mass is 19.1. The van der Waals surface area contributed by atoms with Crippen LogP contribution in [0.2, 0.25) is 0 Å². The molecule has 0 saturated carbocycles. The molecule has 0 aliphatic carbocycles. The molecule has 4 aliphatic heterocycles. The molecule has 7 rings (SSSR count). The van der Waals surface area contributed by atoms with Crippen LogP contribution in [0.4, 0.5) is 8.78 Å². The fourth-order valence-electron chi connectivity index (χ4n) is 5.23. The van der Waals surface area contributed by atoms with E-state index in [4.69, 9.17) is 28.4 Å². The first-order valence-corrected chi connectivity index (χ1v) is 12.4. The molecule has 4 heterocycles. The number of carbonyl (C=O) groups is 3. The second-order valence-electron chi connectivity index (χ2n) is 9.76. The summed E-state index contributed by atoms with van der Waals surface area (Å²) >= 11 is 0. The van der Waals surface area contributed by atoms with E-state index in [2.05, 4.69) is 0 Å². The first-order valence-electron chi connectivity index (χ1n) is 12.4. The molecule has 0 fully saturated rings. The SMILES string of the molecule is CC1=CC(Oc2cc3c(cc2F)C2(OC(=O)c4ccccc42)c2cc(F)c(OC4C=C(C)C(=O)O4)cc2O3)OC1=O. The van der Waals surface area contributed by atoms with Crippen LogP contribution in [-0.2, 0) is 29.4 Å². The van der Waals surface area contributed by atoms with Gasteiger partial charge in [-0.3, -0.25) is 0 Å². The Bertz CT molecular complexity index is 1680. The van der Waals surface area contributed by atoms with Gasteiger partial charge in [-0.15, -0.1) is 0 Å². The Morgan fingerprint density at radius 2 is 1.22 bits per heavy atom. The van der Waals surface area contributed by atoms with Crippen LogP contribution >= 0.6 is 0 Å². The van der Waals surface area contributed by atoms with Gasteiger partial charge in [-0.2, -0.15) is 0 Å². The fourth-order valence-corrected chi connectivity index (χ4v) is 5.23. The van der Waals surface area contributed by atoms with Crippen LogP contribution in [0.1, 0.15) is 40.9 Å². The maximum Gasteiger partial charge on any atom is 0.340 e. The van der Waals surface area contributed by atoms with Crippen molar-refractivity contribution >= 4 is 17.9 Å². The highest BCUT2D eigenvalue weighted by molar-refractivity contribution is 5.97. The number of halogens is 2. The van der Waals surface area contributed by atoms with Crippen molar-refractivity contribution in [3.8, 4) is 23.0 Å². The van der Waals surface area contributed by atoms with Crippen molar-refractivity contribution < 1.29 is 51.6 Å². The maximum absolute atomic E-state index is 15.5. The van der Waals surface area contributed by atoms with Crippen molar-refractivity contribution in [3.05, 3.63) is 106 Å². The highest BCUT2D eigenvalue weighted by Crippen LogP contribution is 2.57. The van der Waals surface area contributed by atoms with Gasteiger partial charge in [-0.25, -0.2) is 23.2 Å². The zero-order valence-corrected chi connectivity index (χ0v) is 21.4. The number of esters is 3. The average Bonchev–Trinajstić information content (AvgIpc) is 3.54. The monoisotopic (exact) mass is 560 g/mol. The molecule has 4 aliphatic rings. The summed E-state index contributed by atoms with van der Waals surface area (Å²) in [5.41, 5.74) is -0.436. The van der Waals surface area contributed by atoms with Crippen molar-refractivity contribution in [3.63, 3.8) is 0 Å². The van der Waals surface area contributed by atoms with Crippen molar-refractivity contribution in [2.45, 2.75) is 32.0 Å². The first-order chi connectivity index (χ1) is 19.6. The fraction of sp³-hybridized carbons (Fsp3) is 0.167. The van der Waals surface area contributed by atoms with Crippen LogP contribution in [0.5, 0.6) is 23.0 Å². The molecule has 3 aromatic rings. The van der Waals surface area contributed by atoms with Gasteiger partial charge in [-0.05, 0) is 32.0 Å². The van der Waals surface area contributed by atoms with Crippen molar-refractivity contribution in [2.24, 2.45) is 0 Å². The molecule has 0 radical (unpaired) electrons. The van der Waals surface area contributed by atoms with Crippen LogP contribution in [0, 0.1) is 11.6 Å². The number of ether oxygens (including phenoxy) is 6. The number of cyclic esters (lactones) is 2. The second kappa shape index (κ2) is 8.65. The standard InChI is InChI=1S/C30H18F2O9/c1-13-7-25(39-27(13)33)37-23-11-21-17(9-19(23)31)30(16-6-4-3-5-15(16)29(35)41-30)18-10-20(32)24(12-22(18)36-21)38-26-8-14(2)28(34)40-26/h3-12,25-26H,1-2H3. The van der Waals surface area contributed by atoms with Crippen LogP contribution in [0.3, 0.4) is 0 Å². The van der Waals surface area contributed by atoms with E-state index in [-0.39, 0.29) is 39.7 Å². The lowest BCUT2D eigenvalue weighted by Crippen LogP contribution is -2.33. The first kappa shape index (κ1) is 24.8. The Kier molecular flexibility index (Phi) is 5.24. The number of rotatable bonds is 4. The minimum atomic E-state index is -1.78. The van der Waals surface area contributed by atoms with Gasteiger partial charge in [0.15, 0.2) is 28.7 Å². The lowest BCUT2D eigenvalue weighted by atomic mass is 9.77. The Morgan fingerprint density at radius 3 is 1.71 bits per heavy atom. The van der Waals surface area contributed by atoms with Crippen LogP contribution in [0.15, 0.2) is 71.8 Å². The smallest absolute Gasteiger partial charge is 0.340 e. The van der Waals surface area contributed by atoms with E-state index in [0.29, 0.717) is 16.7 Å². The summed E-state index contributed by atoms with van der Waals surface area (Å²) < 4.78 is 64.3. The normalized spacial score (nSPS) is 23.5. The van der Waals surface area contributed by atoms with E-state index < -0.39 is 47.7 Å². The summed E-state index contributed by atoms with van der Waals surface area (Å²) in [5, 5.41) is 0. The van der Waals surface area contributed by atoms with Gasteiger partial charge in [0.25, 0.3) is 12.6 Å². The van der Waals surface area contributed by atoms with Crippen LogP contribution < -0.4 is 14.2 Å². The summed E-state index contributed by atoms with van der Waals surface area (Å²) in [4.78, 5) is 36.5. The zero-order valence-electron chi connectivity index (χ0n) is 21.4. The maximum atomic E-state index is 15.5. The molecule has 0 N–H and O–H groups in total. The van der Waals surface area contributed by atoms with Crippen molar-refractivity contribution in [1.29, 1.82) is 0 Å². The van der Waals surface area contributed by atoms with Crippen LogP contribution in [0.25, 0.3) is 0 Å². The Hall–Kier alpha value is -5.19. The molecule has 3 aromatic carbocycles. The van der Waals surface area contributed by atoms with Crippen molar-refractivity contribution in [2.75, 3.05) is 0 Å². The number of carbonyl (C=O) groups excluding carboxylic acids is 3. The molecule has 0 amide bonds. The molecule has 2 unspecified atom stereocenters. The molecule has 9 nitrogen and oxygen atoms in total. The number of hydrogen-bond donors (Lipinski definition) is 0. The molecule has 0 saturated heterocycles. The molecule has 0 aromatic heterocycles. The summed E-state index contributed by atoms with van der Waals surface area (Å²) in [6.07, 6.45) is 0.465. The zero-order chi connectivity index (χ0) is 28.6. The summed E-state index contributed by atoms with van der Waals surface area (Å²) in [6.45, 7) is 3.07. The second-order valence-corrected chi connectivity index (χ2v) is 9.76. The predicted octanol–water partition coefficient (Wildman–Crippen LogP) is 4.95. The third-order valence-corrected chi connectivity index (χ3v) is 7.17. The molecule has 1 spiro atoms. The topological polar surface area (TPSA) is 107 Å². The molecule has 206 valence electrons. The number of fused-ring (bicyclic) bond motifs is 6. The summed E-state index contributed by atoms with van der Waals surface area (Å²) in [6, 6.07) is 11.1. The van der Waals surface area contributed by atoms with Gasteiger partial charge < -0.3 is 28.4 Å². The summed E-state index contributed by atoms with van der Waals surface area (Å²) in [7, 11) is 0. The number of hydrogen-bond acceptors (Lipinski definition) is 9. The lowest BCUT2D eigenvalue weighted by Gasteiger charge is -2.37. The highest BCUT2D eigenvalue weighted by Gasteiger charge is 2.54. The van der Waals surface area contributed by atoms with Crippen molar-refractivity contribution in [1.82, 2.24) is 0 Å². The molecular formula is C30H18F2O9. The molecule has 41 heavy (non-hydrogen) atoms. The van der Waals surface area contributed by atoms with Gasteiger partial charge in [0.1, 0.15) is 11.5 Å². The number of benzene rings is 3. The molecule has 0 bridgehead atoms. The largest absolute Gasteiger partial charge is 0.456 e. The minimum Gasteiger partial charge on any atom is -0.456 e. The molecule has 11 heteroatoms. The lowest BCUT2D eigenvalue weighted by molar-refractivity contribution is -0.149. The van der Waals surface area contributed by atoms with E-state index in [1.807, 2.05) is 0 Å². The third kappa shape index (κ3) is 3.69. The van der Waals surface area contributed by atoms with E-state index in [1.54, 1.807) is 24.3 Å². The quantitative estimate of drug-likeness (QED) is 0.324. The minimum absolute atomic E-state index is 0.0315. The molecule has 2 atom stereocenters. The van der Waals surface area contributed by atoms with Gasteiger partial charge in [-0.1, -0.05) is 18.2 Å². The van der Waals surface area contributed by atoms with E-state index in [9.17, 15) is 14.4 Å². The average molecular weight is 560 g/mol. The van der Waals surface area contributed by atoms with Gasteiger partial charge >= 0.3 is 17.9 Å². The van der Waals surface area contributed by atoms with Gasteiger partial charge in [0, 0.05) is 41.0 Å². The van der Waals surface area contributed by atoms with E-state index >= 15 is 8.78 Å². The molecular weight excluding hydrogens is 542 g/mol. The summed E-state index contributed by atoms with van der Waals surface area (Å²) in [5.74, 6) is -4.17. The van der Waals surface area contributed by atoms with Gasteiger partial charge in [0.2, 0.25) is 0 Å². The third-order valence-electron chi connectivity index (χ3n) is 7.17. The Balaban J connectivity index is 1.37.